The summed E-state index contributed by atoms with van der Waals surface area (Å²) in [6.07, 6.45) is 0. The van der Waals surface area contributed by atoms with Crippen molar-refractivity contribution in [2.75, 3.05) is 0 Å². The van der Waals surface area contributed by atoms with Crippen molar-refractivity contribution in [3.8, 4) is 153 Å². The lowest BCUT2D eigenvalue weighted by Crippen LogP contribution is -2.14. The molecule has 12 heteroatoms. The predicted molar refractivity (Wildman–Crippen MR) is 584 cm³/mol. The molecule has 12 nitrogen and oxygen atoms in total. The van der Waals surface area contributed by atoms with E-state index in [0.717, 1.165) is 77.8 Å². The van der Waals surface area contributed by atoms with Crippen molar-refractivity contribution in [3.63, 3.8) is 0 Å². The number of nitrogens with zero attached hydrogens (tertiary/aromatic N) is 12. The fourth-order valence-electron chi connectivity index (χ4n) is 21.7. The summed E-state index contributed by atoms with van der Waals surface area (Å²) in [4.78, 5) is 45.5. The molecule has 0 unspecified atom stereocenters. The highest BCUT2D eigenvalue weighted by Gasteiger charge is 2.41. The Labute approximate surface area is 821 Å². The fraction of sp³-hybridized carbons (Fsp3) is 0.0930. The Bertz CT molecular complexity index is 8770. The van der Waals surface area contributed by atoms with E-state index in [1.807, 2.05) is 158 Å². The van der Waals surface area contributed by atoms with Crippen LogP contribution < -0.4 is 0 Å². The van der Waals surface area contributed by atoms with Gasteiger partial charge in [-0.2, -0.15) is 19.9 Å². The van der Waals surface area contributed by atoms with Crippen molar-refractivity contribution in [1.29, 1.82) is 0 Å². The summed E-state index contributed by atoms with van der Waals surface area (Å²) in [5.41, 5.74) is 34.8. The summed E-state index contributed by atoms with van der Waals surface area (Å²) < 4.78 is 6.87. The second-order valence-electron chi connectivity index (χ2n) is 37.5. The first kappa shape index (κ1) is 88.7. The first-order chi connectivity index (χ1) is 67.7. The fourth-order valence-corrected chi connectivity index (χ4v) is 21.7. The van der Waals surface area contributed by atoms with Gasteiger partial charge in [-0.1, -0.05) is 452 Å². The number of fused-ring (bicyclic) bond motifs is 21. The molecule has 0 saturated heterocycles. The first-order valence-corrected chi connectivity index (χ1v) is 47.2. The highest BCUT2D eigenvalue weighted by molar-refractivity contribution is 6.21. The highest BCUT2D eigenvalue weighted by Crippen LogP contribution is 2.58. The number of hydrogen-bond donors (Lipinski definition) is 0. The number of rotatable bonds is 12. The average Bonchev–Trinajstić information content (AvgIpc) is 1.55. The van der Waals surface area contributed by atoms with E-state index in [4.69, 9.17) is 44.9 Å². The van der Waals surface area contributed by atoms with Gasteiger partial charge in [-0.3, -0.25) is 9.13 Å². The van der Waals surface area contributed by atoms with Crippen LogP contribution in [0.2, 0.25) is 0 Å². The number of hydrogen-bond acceptors (Lipinski definition) is 9. The molecule has 0 fully saturated rings. The van der Waals surface area contributed by atoms with Crippen molar-refractivity contribution >= 4 is 65.4 Å². The zero-order chi connectivity index (χ0) is 92.5. The maximum absolute atomic E-state index is 5.18. The van der Waals surface area contributed by atoms with E-state index in [9.17, 15) is 0 Å². The van der Waals surface area contributed by atoms with Gasteiger partial charge < -0.3 is 4.57 Å². The molecule has 0 spiro atoms. The molecule has 27 rings (SSSR count). The summed E-state index contributed by atoms with van der Waals surface area (Å²) in [6, 6.07) is 153. The van der Waals surface area contributed by atoms with Crippen LogP contribution in [-0.2, 0) is 16.2 Å². The van der Waals surface area contributed by atoms with Gasteiger partial charge in [-0.15, -0.1) is 0 Å². The van der Waals surface area contributed by atoms with Crippen LogP contribution >= 0.6 is 0 Å². The molecule has 0 atom stereocenters. The van der Waals surface area contributed by atoms with Crippen LogP contribution in [0.1, 0.15) is 97.2 Å². The Morgan fingerprint density at radius 2 is 0.426 bits per heavy atom. The third kappa shape index (κ3) is 14.9. The highest BCUT2D eigenvalue weighted by atomic mass is 15.2. The molecule has 678 valence electrons. The van der Waals surface area contributed by atoms with Crippen molar-refractivity contribution in [1.82, 2.24) is 58.6 Å². The van der Waals surface area contributed by atoms with E-state index >= 15 is 0 Å². The molecule has 24 aromatic rings. The minimum Gasteiger partial charge on any atom is -0.309 e. The van der Waals surface area contributed by atoms with Crippen LogP contribution in [0.4, 0.5) is 0 Å². The van der Waals surface area contributed by atoms with Gasteiger partial charge in [0, 0.05) is 93.2 Å². The van der Waals surface area contributed by atoms with Gasteiger partial charge in [0.1, 0.15) is 0 Å². The molecular formula is C129H102N12. The van der Waals surface area contributed by atoms with Gasteiger partial charge in [-0.05, 0) is 138 Å². The summed E-state index contributed by atoms with van der Waals surface area (Å²) in [5.74, 6) is 5.75. The molecule has 0 N–H and O–H groups in total. The zero-order valence-corrected chi connectivity index (χ0v) is 76.9. The van der Waals surface area contributed by atoms with E-state index < -0.39 is 0 Å². The van der Waals surface area contributed by atoms with Crippen LogP contribution in [0.15, 0.2) is 437 Å². The largest absolute Gasteiger partial charge is 0.309 e. The minimum absolute atomic E-state index is 0. The molecule has 6 heterocycles. The van der Waals surface area contributed by atoms with Gasteiger partial charge in [-0.25, -0.2) is 24.9 Å². The molecule has 0 bridgehead atoms. The number of para-hydroxylation sites is 1. The third-order valence-corrected chi connectivity index (χ3v) is 28.4. The van der Waals surface area contributed by atoms with Crippen LogP contribution in [0, 0.1) is 0 Å². The Hall–Kier alpha value is -17.6. The van der Waals surface area contributed by atoms with E-state index in [2.05, 4.69) is 334 Å². The number of benzene rings is 18. The molecule has 3 aliphatic rings. The Balaban J connectivity index is 0.000000121. The lowest BCUT2D eigenvalue weighted by molar-refractivity contribution is 0.660. The predicted octanol–water partition coefficient (Wildman–Crippen LogP) is 32.7. The summed E-state index contributed by atoms with van der Waals surface area (Å²) in [5, 5.41) is 7.38. The van der Waals surface area contributed by atoms with Crippen molar-refractivity contribution in [2.45, 2.75) is 80.1 Å². The minimum atomic E-state index is -0.105. The smallest absolute Gasteiger partial charge is 0.238 e. The first-order valence-electron chi connectivity index (χ1n) is 47.2. The molecule has 18 aromatic carbocycles. The van der Waals surface area contributed by atoms with Gasteiger partial charge in [0.05, 0.1) is 33.1 Å². The topological polar surface area (TPSA) is 131 Å². The van der Waals surface area contributed by atoms with Crippen LogP contribution in [0.5, 0.6) is 0 Å². The molecule has 0 amide bonds. The standard InChI is InChI=1S/C48H34N4.C42H30N4.C36H26N4.3CH4/c1-48(2)39-24-13-12-23-37(39)43-40(48)27-28-41-44(43)38-26-25-34(31-15-6-3-7-16-31)30-42(38)52(41)36-22-14-21-35(29-36)47-50-45(32-17-8-4-9-18-32)49-46(51-47)33-19-10-5-11-20-33;1-42(2)33-21-13-12-20-31(33)37-34(42)24-25-35-38(37)32-23-22-30(27-14-6-3-7-15-27)26-36(32)46(35)41-44-39(28-16-8-4-9-17-28)43-40(45-41)29-18-10-5-11-19-29;1-36(2)27-19-11-9-17-25(27)31-28(36)21-22-30-32(31)26-18-10-12-20-29(26)40(30)35-38-33(23-13-5-3-6-14-23)37-34(39-35)24-15-7-4-8-16-24;;;/h3-30H,1-2H3;3-26H,1-2H3;3-22H,1-2H3;3*1H4. The van der Waals surface area contributed by atoms with E-state index in [-0.39, 0.29) is 38.5 Å². The quantitative estimate of drug-likeness (QED) is 0.117. The molecule has 6 aromatic heterocycles. The lowest BCUT2D eigenvalue weighted by atomic mass is 9.82. The molecular weight excluding hydrogens is 1720 g/mol. The number of aromatic nitrogens is 12. The molecule has 141 heavy (non-hydrogen) atoms. The second-order valence-corrected chi connectivity index (χ2v) is 37.5. The molecule has 0 aliphatic heterocycles. The van der Waals surface area contributed by atoms with Gasteiger partial charge >= 0.3 is 0 Å². The maximum atomic E-state index is 5.18. The van der Waals surface area contributed by atoms with Crippen LogP contribution in [-0.4, -0.2) is 58.6 Å². The van der Waals surface area contributed by atoms with Crippen molar-refractivity contribution in [2.24, 2.45) is 0 Å². The molecule has 0 saturated carbocycles. The Kier molecular flexibility index (Phi) is 22.3. The maximum Gasteiger partial charge on any atom is 0.238 e. The second kappa shape index (κ2) is 35.5. The van der Waals surface area contributed by atoms with E-state index in [1.54, 1.807) is 0 Å². The monoisotopic (exact) mass is 1820 g/mol. The Morgan fingerprint density at radius 1 is 0.170 bits per heavy atom. The molecule has 0 radical (unpaired) electrons. The Morgan fingerprint density at radius 3 is 0.766 bits per heavy atom. The lowest BCUT2D eigenvalue weighted by Gasteiger charge is -2.21. The van der Waals surface area contributed by atoms with Gasteiger partial charge in [0.2, 0.25) is 11.9 Å². The van der Waals surface area contributed by atoms with Crippen LogP contribution in [0.25, 0.3) is 218 Å². The van der Waals surface area contributed by atoms with Gasteiger partial charge in [0.15, 0.2) is 40.8 Å². The van der Waals surface area contributed by atoms with Crippen molar-refractivity contribution < 1.29 is 0 Å². The zero-order valence-electron chi connectivity index (χ0n) is 76.9. The third-order valence-electron chi connectivity index (χ3n) is 28.4. The average molecular weight is 1820 g/mol. The van der Waals surface area contributed by atoms with E-state index in [1.165, 1.54) is 121 Å². The van der Waals surface area contributed by atoms with Gasteiger partial charge in [0.25, 0.3) is 0 Å². The van der Waals surface area contributed by atoms with E-state index in [0.29, 0.717) is 52.7 Å². The van der Waals surface area contributed by atoms with Crippen LogP contribution in [0.3, 0.4) is 0 Å². The summed E-state index contributed by atoms with van der Waals surface area (Å²) >= 11 is 0. The SMILES string of the molecule is C.C.C.CC1(C)c2ccccc2-c2c1ccc1c2c2ccc(-c3ccccc3)cc2n1-c1cccc(-c2nc(-c3ccccc3)nc(-c3ccccc3)n2)c1.CC1(C)c2ccccc2-c2c1ccc1c2c2ccc(-c3ccccc3)cc2n1-c1nc(-c2ccccc2)nc(-c2ccccc2)n1.CC1(C)c2ccccc2-c2c1ccc1c2c2ccccc2n1-c1nc(-c2ccccc2)nc(-c2ccccc2)n1. The molecule has 3 aliphatic carbocycles. The summed E-state index contributed by atoms with van der Waals surface area (Å²) in [6.45, 7) is 14.0. The van der Waals surface area contributed by atoms with Crippen molar-refractivity contribution in [3.05, 3.63) is 470 Å². The summed E-state index contributed by atoms with van der Waals surface area (Å²) in [7, 11) is 0. The normalized spacial score (nSPS) is 12.9.